The van der Waals surface area contributed by atoms with Crippen molar-refractivity contribution in [1.82, 2.24) is 0 Å². The Hall–Kier alpha value is -0.570. The zero-order chi connectivity index (χ0) is 13.0. The van der Waals surface area contributed by atoms with Crippen molar-refractivity contribution in [3.8, 4) is 0 Å². The van der Waals surface area contributed by atoms with Gasteiger partial charge >= 0.3 is 5.97 Å². The van der Waals surface area contributed by atoms with Crippen molar-refractivity contribution in [1.29, 1.82) is 0 Å². The Kier molecular flexibility index (Phi) is 4.66. The quantitative estimate of drug-likeness (QED) is 0.722. The molecule has 2 aliphatic rings. The van der Waals surface area contributed by atoms with Crippen molar-refractivity contribution >= 4 is 5.97 Å². The van der Waals surface area contributed by atoms with Gasteiger partial charge in [0.1, 0.15) is 0 Å². The van der Waals surface area contributed by atoms with E-state index in [0.29, 0.717) is 12.5 Å². The molecule has 3 heteroatoms. The van der Waals surface area contributed by atoms with E-state index in [1.807, 2.05) is 6.92 Å². The van der Waals surface area contributed by atoms with E-state index < -0.39 is 0 Å². The van der Waals surface area contributed by atoms with Crippen molar-refractivity contribution in [2.75, 3.05) is 13.7 Å². The first-order valence-electron chi connectivity index (χ1n) is 7.45. The lowest BCUT2D eigenvalue weighted by molar-refractivity contribution is -0.169. The number of esters is 1. The lowest BCUT2D eigenvalue weighted by Crippen LogP contribution is -2.47. The molecule has 3 nitrogen and oxygen atoms in total. The zero-order valence-corrected chi connectivity index (χ0v) is 11.7. The molecule has 2 fully saturated rings. The number of methoxy groups -OCH3 is 1. The monoisotopic (exact) mass is 254 g/mol. The highest BCUT2D eigenvalue weighted by molar-refractivity contribution is 5.78. The number of carbonyl (C=O) groups excluding carboxylic acids is 1. The normalized spacial score (nSPS) is 33.6. The minimum atomic E-state index is -0.342. The minimum Gasteiger partial charge on any atom is -0.465 e. The third-order valence-corrected chi connectivity index (χ3v) is 4.90. The highest BCUT2D eigenvalue weighted by atomic mass is 16.5. The number of carbonyl (C=O) groups is 1. The van der Waals surface area contributed by atoms with E-state index in [1.165, 1.54) is 32.1 Å². The van der Waals surface area contributed by atoms with Gasteiger partial charge in [-0.2, -0.15) is 0 Å². The van der Waals surface area contributed by atoms with E-state index in [1.54, 1.807) is 7.11 Å². The highest BCUT2D eigenvalue weighted by Gasteiger charge is 2.55. The van der Waals surface area contributed by atoms with Gasteiger partial charge in [0.25, 0.3) is 0 Å². The largest absolute Gasteiger partial charge is 0.465 e. The summed E-state index contributed by atoms with van der Waals surface area (Å²) < 4.78 is 11.0. The number of hydrogen-bond acceptors (Lipinski definition) is 3. The molecule has 2 rings (SSSR count). The summed E-state index contributed by atoms with van der Waals surface area (Å²) in [5.74, 6) is 0.471. The molecule has 0 heterocycles. The van der Waals surface area contributed by atoms with Crippen LogP contribution in [0.1, 0.15) is 58.3 Å². The van der Waals surface area contributed by atoms with Crippen LogP contribution in [0.15, 0.2) is 0 Å². The molecular weight excluding hydrogens is 228 g/mol. The number of ether oxygens (including phenoxy) is 2. The van der Waals surface area contributed by atoms with Crippen LogP contribution in [-0.4, -0.2) is 25.8 Å². The second-order valence-electron chi connectivity index (χ2n) is 5.71. The van der Waals surface area contributed by atoms with Crippen molar-refractivity contribution < 1.29 is 14.3 Å². The predicted octanol–water partition coefficient (Wildman–Crippen LogP) is 3.32. The Morgan fingerprint density at radius 2 is 1.89 bits per heavy atom. The number of hydrogen-bond donors (Lipinski definition) is 0. The second-order valence-corrected chi connectivity index (χ2v) is 5.71. The third kappa shape index (κ3) is 2.29. The van der Waals surface area contributed by atoms with Gasteiger partial charge in [0.2, 0.25) is 0 Å². The van der Waals surface area contributed by atoms with Gasteiger partial charge in [0.05, 0.1) is 18.1 Å². The Labute approximate surface area is 110 Å². The first-order valence-corrected chi connectivity index (χ1v) is 7.45. The summed E-state index contributed by atoms with van der Waals surface area (Å²) in [6.45, 7) is 2.37. The molecule has 18 heavy (non-hydrogen) atoms. The van der Waals surface area contributed by atoms with Crippen molar-refractivity contribution in [3.05, 3.63) is 0 Å². The van der Waals surface area contributed by atoms with Crippen LogP contribution in [0.4, 0.5) is 0 Å². The number of rotatable bonds is 4. The van der Waals surface area contributed by atoms with E-state index in [9.17, 15) is 4.79 Å². The van der Waals surface area contributed by atoms with Gasteiger partial charge in [-0.05, 0) is 44.9 Å². The smallest absolute Gasteiger partial charge is 0.314 e. The van der Waals surface area contributed by atoms with Crippen LogP contribution in [0.2, 0.25) is 0 Å². The molecule has 0 spiro atoms. The summed E-state index contributed by atoms with van der Waals surface area (Å²) in [6.07, 6.45) is 9.27. The predicted molar refractivity (Wildman–Crippen MR) is 70.3 cm³/mol. The molecular formula is C15H26O3. The lowest BCUT2D eigenvalue weighted by Gasteiger charge is -2.41. The van der Waals surface area contributed by atoms with Gasteiger partial charge in [0.15, 0.2) is 0 Å². The van der Waals surface area contributed by atoms with E-state index in [-0.39, 0.29) is 17.5 Å². The second kappa shape index (κ2) is 6.05. The fourth-order valence-electron chi connectivity index (χ4n) is 4.08. The first-order chi connectivity index (χ1) is 8.75. The maximum Gasteiger partial charge on any atom is 0.314 e. The Balaban J connectivity index is 2.23. The molecule has 0 bridgehead atoms. The van der Waals surface area contributed by atoms with Crippen molar-refractivity contribution in [2.24, 2.45) is 11.3 Å². The van der Waals surface area contributed by atoms with Gasteiger partial charge in [-0.25, -0.2) is 0 Å². The summed E-state index contributed by atoms with van der Waals surface area (Å²) in [5.41, 5.74) is -0.342. The molecule has 0 radical (unpaired) electrons. The molecule has 0 aromatic carbocycles. The van der Waals surface area contributed by atoms with Crippen LogP contribution in [0.5, 0.6) is 0 Å². The van der Waals surface area contributed by atoms with Crippen molar-refractivity contribution in [2.45, 2.75) is 64.4 Å². The van der Waals surface area contributed by atoms with Gasteiger partial charge in [-0.3, -0.25) is 4.79 Å². The fourth-order valence-corrected chi connectivity index (χ4v) is 4.08. The molecule has 2 aliphatic carbocycles. The summed E-state index contributed by atoms with van der Waals surface area (Å²) >= 11 is 0. The molecule has 104 valence electrons. The molecule has 0 aromatic heterocycles. The van der Waals surface area contributed by atoms with Crippen LogP contribution < -0.4 is 0 Å². The summed E-state index contributed by atoms with van der Waals surface area (Å²) in [6, 6.07) is 0. The average Bonchev–Trinajstić information content (AvgIpc) is 2.85. The van der Waals surface area contributed by atoms with Gasteiger partial charge in [0, 0.05) is 7.11 Å². The maximum absolute atomic E-state index is 12.5. The molecule has 0 aliphatic heterocycles. The SMILES string of the molecule is CCOC(=O)C1(C2CCCCC2)CCCC1OC. The van der Waals surface area contributed by atoms with Crippen LogP contribution >= 0.6 is 0 Å². The van der Waals surface area contributed by atoms with Gasteiger partial charge < -0.3 is 9.47 Å². The fraction of sp³-hybridized carbons (Fsp3) is 0.933. The topological polar surface area (TPSA) is 35.5 Å². The average molecular weight is 254 g/mol. The van der Waals surface area contributed by atoms with E-state index in [4.69, 9.17) is 9.47 Å². The molecule has 2 atom stereocenters. The Morgan fingerprint density at radius 1 is 1.17 bits per heavy atom. The van der Waals surface area contributed by atoms with Crippen LogP contribution in [0.3, 0.4) is 0 Å². The summed E-state index contributed by atoms with van der Waals surface area (Å²) in [4.78, 5) is 12.5. The zero-order valence-electron chi connectivity index (χ0n) is 11.7. The maximum atomic E-state index is 12.5. The third-order valence-electron chi connectivity index (χ3n) is 4.90. The molecule has 0 saturated heterocycles. The summed E-state index contributed by atoms with van der Waals surface area (Å²) in [5, 5.41) is 0. The van der Waals surface area contributed by atoms with Crippen LogP contribution in [0, 0.1) is 11.3 Å². The van der Waals surface area contributed by atoms with E-state index >= 15 is 0 Å². The molecule has 2 saturated carbocycles. The molecule has 0 aromatic rings. The Morgan fingerprint density at radius 3 is 2.50 bits per heavy atom. The van der Waals surface area contributed by atoms with Gasteiger partial charge in [-0.15, -0.1) is 0 Å². The molecule has 0 amide bonds. The molecule has 2 unspecified atom stereocenters. The van der Waals surface area contributed by atoms with Crippen LogP contribution in [0.25, 0.3) is 0 Å². The standard InChI is InChI=1S/C15H26O3/c1-3-18-14(16)15(11-7-10-13(15)17-2)12-8-5-4-6-9-12/h12-13H,3-11H2,1-2H3. The van der Waals surface area contributed by atoms with Crippen molar-refractivity contribution in [3.63, 3.8) is 0 Å². The van der Waals surface area contributed by atoms with E-state index in [2.05, 4.69) is 0 Å². The van der Waals surface area contributed by atoms with Gasteiger partial charge in [-0.1, -0.05) is 19.3 Å². The lowest BCUT2D eigenvalue weighted by atomic mass is 9.66. The van der Waals surface area contributed by atoms with Crippen LogP contribution in [-0.2, 0) is 14.3 Å². The Bertz CT molecular complexity index is 283. The summed E-state index contributed by atoms with van der Waals surface area (Å²) in [7, 11) is 1.74. The van der Waals surface area contributed by atoms with E-state index in [0.717, 1.165) is 19.3 Å². The minimum absolute atomic E-state index is 0.00116. The first kappa shape index (κ1) is 13.9. The molecule has 0 N–H and O–H groups in total. The highest BCUT2D eigenvalue weighted by Crippen LogP contribution is 2.51.